The van der Waals surface area contributed by atoms with E-state index in [9.17, 15) is 9.59 Å². The van der Waals surface area contributed by atoms with Gasteiger partial charge >= 0.3 is 5.97 Å². The largest absolute Gasteiger partial charge is 0.481 e. The highest BCUT2D eigenvalue weighted by molar-refractivity contribution is 7.13. The Bertz CT molecular complexity index is 653. The molecule has 0 saturated carbocycles. The van der Waals surface area contributed by atoms with Gasteiger partial charge < -0.3 is 10.4 Å². The number of nitrogens with one attached hydrogen (secondary N) is 1. The van der Waals surface area contributed by atoms with Crippen LogP contribution < -0.4 is 5.32 Å². The van der Waals surface area contributed by atoms with E-state index in [-0.39, 0.29) is 12.3 Å². The lowest BCUT2D eigenvalue weighted by molar-refractivity contribution is -0.137. The molecule has 0 fully saturated rings. The topological polar surface area (TPSA) is 79.3 Å². The van der Waals surface area contributed by atoms with Crippen molar-refractivity contribution in [3.8, 4) is 10.6 Å². The Morgan fingerprint density at radius 2 is 2.09 bits per heavy atom. The molecule has 1 amide bonds. The van der Waals surface area contributed by atoms with E-state index in [4.69, 9.17) is 5.11 Å². The fourth-order valence-corrected chi connectivity index (χ4v) is 2.76. The second-order valence-electron chi connectivity index (χ2n) is 4.91. The van der Waals surface area contributed by atoms with Crippen molar-refractivity contribution in [1.82, 2.24) is 10.3 Å². The van der Waals surface area contributed by atoms with Crippen LogP contribution in [0.25, 0.3) is 10.6 Å². The SMILES string of the molecule is Cc1nc(-c2cccs2)ccc1C(=O)NCCCCC(=O)O. The van der Waals surface area contributed by atoms with Crippen molar-refractivity contribution in [2.24, 2.45) is 0 Å². The van der Waals surface area contributed by atoms with Crippen molar-refractivity contribution >= 4 is 23.2 Å². The quantitative estimate of drug-likeness (QED) is 0.769. The first-order chi connectivity index (χ1) is 10.6. The molecule has 2 rings (SSSR count). The normalized spacial score (nSPS) is 10.4. The number of unbranched alkanes of at least 4 members (excludes halogenated alkanes) is 1. The van der Waals surface area contributed by atoms with Crippen LogP contribution in [0.4, 0.5) is 0 Å². The van der Waals surface area contributed by atoms with Gasteiger partial charge in [-0.25, -0.2) is 0 Å². The lowest BCUT2D eigenvalue weighted by Crippen LogP contribution is -2.25. The molecule has 0 atom stereocenters. The maximum Gasteiger partial charge on any atom is 0.303 e. The molecule has 0 radical (unpaired) electrons. The zero-order valence-corrected chi connectivity index (χ0v) is 13.2. The van der Waals surface area contributed by atoms with Gasteiger partial charge in [-0.05, 0) is 43.3 Å². The van der Waals surface area contributed by atoms with Gasteiger partial charge in [-0.2, -0.15) is 0 Å². The Kier molecular flexibility index (Phi) is 5.66. The third-order valence-corrected chi connectivity index (χ3v) is 4.10. The zero-order chi connectivity index (χ0) is 15.9. The fraction of sp³-hybridized carbons (Fsp3) is 0.312. The second-order valence-corrected chi connectivity index (χ2v) is 5.86. The summed E-state index contributed by atoms with van der Waals surface area (Å²) in [5.41, 5.74) is 2.11. The Balaban J connectivity index is 1.91. The third kappa shape index (κ3) is 4.39. The number of carbonyl (C=O) groups is 2. The summed E-state index contributed by atoms with van der Waals surface area (Å²) in [6, 6.07) is 7.59. The van der Waals surface area contributed by atoms with Gasteiger partial charge in [0.25, 0.3) is 5.91 Å². The van der Waals surface area contributed by atoms with Gasteiger partial charge in [0.2, 0.25) is 0 Å². The van der Waals surface area contributed by atoms with Crippen LogP contribution in [0, 0.1) is 6.92 Å². The maximum absolute atomic E-state index is 12.1. The first-order valence-corrected chi connectivity index (χ1v) is 7.97. The Labute approximate surface area is 133 Å². The highest BCUT2D eigenvalue weighted by Crippen LogP contribution is 2.23. The molecule has 0 bridgehead atoms. The number of aryl methyl sites for hydroxylation is 1. The number of amides is 1. The lowest BCUT2D eigenvalue weighted by atomic mass is 10.1. The minimum Gasteiger partial charge on any atom is -0.481 e. The van der Waals surface area contributed by atoms with E-state index in [1.807, 2.05) is 30.5 Å². The molecule has 2 heterocycles. The molecule has 0 aliphatic heterocycles. The van der Waals surface area contributed by atoms with E-state index < -0.39 is 5.97 Å². The van der Waals surface area contributed by atoms with E-state index in [2.05, 4.69) is 10.3 Å². The molecule has 116 valence electrons. The van der Waals surface area contributed by atoms with Gasteiger partial charge in [0.1, 0.15) is 0 Å². The van der Waals surface area contributed by atoms with Crippen LogP contribution >= 0.6 is 11.3 Å². The fourth-order valence-electron chi connectivity index (χ4n) is 2.06. The van der Waals surface area contributed by atoms with Crippen molar-refractivity contribution < 1.29 is 14.7 Å². The van der Waals surface area contributed by atoms with Gasteiger partial charge in [-0.3, -0.25) is 14.6 Å². The van der Waals surface area contributed by atoms with Crippen LogP contribution in [0.15, 0.2) is 29.6 Å². The Morgan fingerprint density at radius 3 is 2.73 bits per heavy atom. The Hall–Kier alpha value is -2.21. The number of carboxylic acid groups (broad SMARTS) is 1. The number of thiophene rings is 1. The molecule has 0 unspecified atom stereocenters. The summed E-state index contributed by atoms with van der Waals surface area (Å²) in [7, 11) is 0. The number of hydrogen-bond donors (Lipinski definition) is 2. The smallest absolute Gasteiger partial charge is 0.303 e. The molecule has 2 aromatic rings. The number of hydrogen-bond acceptors (Lipinski definition) is 4. The molecule has 2 aromatic heterocycles. The number of pyridine rings is 1. The number of carboxylic acids is 1. The van der Waals surface area contributed by atoms with E-state index in [1.165, 1.54) is 0 Å². The van der Waals surface area contributed by atoms with Crippen LogP contribution in [0.3, 0.4) is 0 Å². The number of carbonyl (C=O) groups excluding carboxylic acids is 1. The van der Waals surface area contributed by atoms with E-state index in [0.717, 1.165) is 10.6 Å². The molecule has 0 aliphatic carbocycles. The average Bonchev–Trinajstić information content (AvgIpc) is 3.00. The van der Waals surface area contributed by atoms with Gasteiger partial charge in [0.15, 0.2) is 0 Å². The summed E-state index contributed by atoms with van der Waals surface area (Å²) in [5, 5.41) is 13.3. The first kappa shape index (κ1) is 16.2. The summed E-state index contributed by atoms with van der Waals surface area (Å²) >= 11 is 1.61. The zero-order valence-electron chi connectivity index (χ0n) is 12.3. The molecule has 2 N–H and O–H groups in total. The summed E-state index contributed by atoms with van der Waals surface area (Å²) in [4.78, 5) is 28.0. The van der Waals surface area contributed by atoms with Crippen molar-refractivity contribution in [3.05, 3.63) is 40.9 Å². The van der Waals surface area contributed by atoms with Crippen LogP contribution in [0.1, 0.15) is 35.3 Å². The van der Waals surface area contributed by atoms with Gasteiger partial charge in [0.05, 0.1) is 21.8 Å². The van der Waals surface area contributed by atoms with Gasteiger partial charge in [-0.1, -0.05) is 6.07 Å². The summed E-state index contributed by atoms with van der Waals surface area (Å²) in [5.74, 6) is -0.978. The van der Waals surface area contributed by atoms with Crippen LogP contribution in [-0.4, -0.2) is 28.5 Å². The van der Waals surface area contributed by atoms with Gasteiger partial charge in [0, 0.05) is 13.0 Å². The average molecular weight is 318 g/mol. The predicted molar refractivity (Wildman–Crippen MR) is 86.1 cm³/mol. The minimum absolute atomic E-state index is 0.131. The summed E-state index contributed by atoms with van der Waals surface area (Å²) in [6.45, 7) is 2.29. The van der Waals surface area contributed by atoms with Crippen molar-refractivity contribution in [3.63, 3.8) is 0 Å². The molecule has 22 heavy (non-hydrogen) atoms. The van der Waals surface area contributed by atoms with Crippen molar-refractivity contribution in [1.29, 1.82) is 0 Å². The van der Waals surface area contributed by atoms with Crippen molar-refractivity contribution in [2.45, 2.75) is 26.2 Å². The first-order valence-electron chi connectivity index (χ1n) is 7.09. The maximum atomic E-state index is 12.1. The summed E-state index contributed by atoms with van der Waals surface area (Å²) < 4.78 is 0. The molecule has 0 saturated heterocycles. The molecule has 5 nitrogen and oxygen atoms in total. The van der Waals surface area contributed by atoms with E-state index in [0.29, 0.717) is 30.6 Å². The van der Waals surface area contributed by atoms with Crippen LogP contribution in [0.2, 0.25) is 0 Å². The van der Waals surface area contributed by atoms with Gasteiger partial charge in [-0.15, -0.1) is 11.3 Å². The predicted octanol–water partition coefficient (Wildman–Crippen LogP) is 3.10. The lowest BCUT2D eigenvalue weighted by Gasteiger charge is -2.08. The molecular weight excluding hydrogens is 300 g/mol. The number of aliphatic carboxylic acids is 1. The van der Waals surface area contributed by atoms with Crippen LogP contribution in [0.5, 0.6) is 0 Å². The minimum atomic E-state index is -0.810. The summed E-state index contributed by atoms with van der Waals surface area (Å²) in [6.07, 6.45) is 1.34. The molecule has 6 heteroatoms. The monoisotopic (exact) mass is 318 g/mol. The van der Waals surface area contributed by atoms with Crippen molar-refractivity contribution in [2.75, 3.05) is 6.54 Å². The van der Waals surface area contributed by atoms with Crippen LogP contribution in [-0.2, 0) is 4.79 Å². The number of aromatic nitrogens is 1. The molecule has 0 spiro atoms. The number of rotatable bonds is 7. The molecule has 0 aliphatic rings. The van der Waals surface area contributed by atoms with E-state index in [1.54, 1.807) is 17.4 Å². The number of nitrogens with zero attached hydrogens (tertiary/aromatic N) is 1. The third-order valence-electron chi connectivity index (χ3n) is 3.21. The standard InChI is InChI=1S/C16H18N2O3S/c1-11-12(16(21)17-9-3-2-6-15(19)20)7-8-13(18-11)14-5-4-10-22-14/h4-5,7-8,10H,2-3,6,9H2,1H3,(H,17,21)(H,19,20). The highest BCUT2D eigenvalue weighted by Gasteiger charge is 2.11. The van der Waals surface area contributed by atoms with E-state index >= 15 is 0 Å². The Morgan fingerprint density at radius 1 is 1.27 bits per heavy atom. The molecule has 0 aromatic carbocycles. The molecular formula is C16H18N2O3S. The highest BCUT2D eigenvalue weighted by atomic mass is 32.1. The second kappa shape index (κ2) is 7.70.